The molecule has 0 N–H and O–H groups in total. The van der Waals surface area contributed by atoms with E-state index in [1.807, 2.05) is 20.8 Å². The van der Waals surface area contributed by atoms with Gasteiger partial charge in [-0.1, -0.05) is 12.1 Å². The Morgan fingerprint density at radius 3 is 2.71 bits per heavy atom. The number of amides is 1. The van der Waals surface area contributed by atoms with Crippen LogP contribution in [-0.4, -0.2) is 47.0 Å². The Hall–Kier alpha value is -1.36. The molecule has 21 heavy (non-hydrogen) atoms. The van der Waals surface area contributed by atoms with Crippen molar-refractivity contribution in [1.29, 1.82) is 0 Å². The van der Waals surface area contributed by atoms with E-state index in [0.717, 1.165) is 44.2 Å². The summed E-state index contributed by atoms with van der Waals surface area (Å²) >= 11 is 0. The minimum absolute atomic E-state index is 0.307. The van der Waals surface area contributed by atoms with Crippen LogP contribution in [0.4, 0.5) is 0 Å². The van der Waals surface area contributed by atoms with Crippen LogP contribution in [-0.2, 0) is 11.3 Å². The van der Waals surface area contributed by atoms with Crippen LogP contribution < -0.4 is 0 Å². The molecule has 0 saturated carbocycles. The summed E-state index contributed by atoms with van der Waals surface area (Å²) in [5.41, 5.74) is 2.23. The summed E-state index contributed by atoms with van der Waals surface area (Å²) in [7, 11) is 0. The number of hydrogen-bond donors (Lipinski definition) is 0. The van der Waals surface area contributed by atoms with Gasteiger partial charge < -0.3 is 9.42 Å². The molecule has 5 heteroatoms. The molecule has 116 valence electrons. The second kappa shape index (κ2) is 5.79. The molecule has 3 rings (SSSR count). The van der Waals surface area contributed by atoms with Gasteiger partial charge in [-0.25, -0.2) is 0 Å². The van der Waals surface area contributed by atoms with Crippen molar-refractivity contribution in [2.45, 2.75) is 40.2 Å². The molecule has 1 aromatic rings. The molecule has 0 spiro atoms. The first-order chi connectivity index (χ1) is 10.1. The molecule has 2 aliphatic rings. The van der Waals surface area contributed by atoms with Gasteiger partial charge in [0.05, 0.1) is 5.69 Å². The maximum atomic E-state index is 11.9. The second-order valence-electron chi connectivity index (χ2n) is 6.50. The summed E-state index contributed by atoms with van der Waals surface area (Å²) in [5.74, 6) is 2.57. The number of nitrogens with zero attached hydrogens (tertiary/aromatic N) is 3. The Morgan fingerprint density at radius 2 is 2.05 bits per heavy atom. The molecule has 5 nitrogen and oxygen atoms in total. The Kier molecular flexibility index (Phi) is 4.02. The highest BCUT2D eigenvalue weighted by atomic mass is 16.5. The highest BCUT2D eigenvalue weighted by molar-refractivity contribution is 5.76. The van der Waals surface area contributed by atoms with Crippen molar-refractivity contribution in [3.05, 3.63) is 17.0 Å². The summed E-state index contributed by atoms with van der Waals surface area (Å²) in [5, 5.41) is 4.04. The van der Waals surface area contributed by atoms with E-state index >= 15 is 0 Å². The van der Waals surface area contributed by atoms with Gasteiger partial charge >= 0.3 is 0 Å². The lowest BCUT2D eigenvalue weighted by molar-refractivity contribution is -0.130. The van der Waals surface area contributed by atoms with Gasteiger partial charge in [0.2, 0.25) is 5.91 Å². The molecule has 0 aliphatic carbocycles. The van der Waals surface area contributed by atoms with Crippen molar-refractivity contribution in [3.63, 3.8) is 0 Å². The molecule has 0 unspecified atom stereocenters. The number of likely N-dealkylation sites (tertiary alicyclic amines) is 2. The zero-order valence-electron chi connectivity index (χ0n) is 13.3. The summed E-state index contributed by atoms with van der Waals surface area (Å²) in [6.07, 6.45) is 1.82. The Bertz CT molecular complexity index is 506. The molecular weight excluding hydrogens is 266 g/mol. The third-order valence-corrected chi connectivity index (χ3v) is 5.10. The molecule has 2 aliphatic heterocycles. The number of aryl methyl sites for hydroxylation is 2. The first-order valence-electron chi connectivity index (χ1n) is 8.00. The van der Waals surface area contributed by atoms with Crippen molar-refractivity contribution in [2.24, 2.45) is 11.8 Å². The van der Waals surface area contributed by atoms with Crippen LogP contribution in [0, 0.1) is 25.7 Å². The van der Waals surface area contributed by atoms with Gasteiger partial charge in [-0.05, 0) is 38.6 Å². The van der Waals surface area contributed by atoms with Gasteiger partial charge in [0.1, 0.15) is 5.76 Å². The van der Waals surface area contributed by atoms with Crippen LogP contribution in [0.5, 0.6) is 0 Å². The van der Waals surface area contributed by atoms with E-state index in [2.05, 4.69) is 15.0 Å². The lowest BCUT2D eigenvalue weighted by Gasteiger charge is -2.34. The maximum Gasteiger partial charge on any atom is 0.222 e. The number of aromatic nitrogens is 1. The monoisotopic (exact) mass is 291 g/mol. The van der Waals surface area contributed by atoms with Gasteiger partial charge in [0.25, 0.3) is 0 Å². The SMILES string of the molecule is CCC(=O)N1C[C@H]2CN(Cc3c(C)noc3C)CC[C@H]2C1. The first kappa shape index (κ1) is 14.6. The minimum Gasteiger partial charge on any atom is -0.361 e. The third kappa shape index (κ3) is 2.84. The van der Waals surface area contributed by atoms with Gasteiger partial charge in [0.15, 0.2) is 0 Å². The van der Waals surface area contributed by atoms with Crippen molar-refractivity contribution in [1.82, 2.24) is 15.0 Å². The predicted molar refractivity (Wildman–Crippen MR) is 79.7 cm³/mol. The molecule has 0 radical (unpaired) electrons. The quantitative estimate of drug-likeness (QED) is 0.854. The van der Waals surface area contributed by atoms with Gasteiger partial charge in [-0.3, -0.25) is 9.69 Å². The zero-order valence-corrected chi connectivity index (χ0v) is 13.3. The zero-order chi connectivity index (χ0) is 15.0. The molecule has 2 saturated heterocycles. The first-order valence-corrected chi connectivity index (χ1v) is 8.00. The summed E-state index contributed by atoms with van der Waals surface area (Å²) in [6.45, 7) is 11.0. The lowest BCUT2D eigenvalue weighted by atomic mass is 9.88. The normalized spacial score (nSPS) is 26.1. The molecule has 1 aromatic heterocycles. The van der Waals surface area contributed by atoms with Crippen molar-refractivity contribution >= 4 is 5.91 Å². The average molecular weight is 291 g/mol. The highest BCUT2D eigenvalue weighted by Crippen LogP contribution is 2.32. The highest BCUT2D eigenvalue weighted by Gasteiger charge is 2.38. The molecule has 1 amide bonds. The van der Waals surface area contributed by atoms with Crippen molar-refractivity contribution in [2.75, 3.05) is 26.2 Å². The van der Waals surface area contributed by atoms with Crippen LogP contribution >= 0.6 is 0 Å². The summed E-state index contributed by atoms with van der Waals surface area (Å²) in [4.78, 5) is 16.4. The number of carbonyl (C=O) groups excluding carboxylic acids is 1. The second-order valence-corrected chi connectivity index (χ2v) is 6.50. The largest absolute Gasteiger partial charge is 0.361 e. The molecule has 2 fully saturated rings. The van der Waals surface area contributed by atoms with Crippen LogP contribution in [0.3, 0.4) is 0 Å². The summed E-state index contributed by atoms with van der Waals surface area (Å²) in [6, 6.07) is 0. The van der Waals surface area contributed by atoms with E-state index < -0.39 is 0 Å². The summed E-state index contributed by atoms with van der Waals surface area (Å²) < 4.78 is 5.26. The van der Waals surface area contributed by atoms with Gasteiger partial charge in [-0.2, -0.15) is 0 Å². The van der Waals surface area contributed by atoms with E-state index in [1.165, 1.54) is 12.0 Å². The van der Waals surface area contributed by atoms with E-state index in [9.17, 15) is 4.79 Å². The van der Waals surface area contributed by atoms with Crippen LogP contribution in [0.15, 0.2) is 4.52 Å². The fourth-order valence-corrected chi connectivity index (χ4v) is 3.77. The van der Waals surface area contributed by atoms with E-state index in [0.29, 0.717) is 24.2 Å². The standard InChI is InChI=1S/C16H25N3O2/c1-4-16(20)19-8-13-5-6-18(7-14(13)9-19)10-15-11(2)17-21-12(15)3/h13-14H,4-10H2,1-3H3/t13-,14+/m0/s1. The maximum absolute atomic E-state index is 11.9. The number of piperidine rings is 1. The Balaban J connectivity index is 1.61. The molecule has 0 bridgehead atoms. The number of rotatable bonds is 3. The lowest BCUT2D eigenvalue weighted by Crippen LogP contribution is -2.39. The fourth-order valence-electron chi connectivity index (χ4n) is 3.77. The Morgan fingerprint density at radius 1 is 1.29 bits per heavy atom. The minimum atomic E-state index is 0.307. The number of hydrogen-bond acceptors (Lipinski definition) is 4. The Labute approximate surface area is 126 Å². The fraction of sp³-hybridized carbons (Fsp3) is 0.750. The topological polar surface area (TPSA) is 49.6 Å². The number of fused-ring (bicyclic) bond motifs is 1. The third-order valence-electron chi connectivity index (χ3n) is 5.10. The van der Waals surface area contributed by atoms with E-state index in [1.54, 1.807) is 0 Å². The van der Waals surface area contributed by atoms with Crippen LogP contribution in [0.2, 0.25) is 0 Å². The molecule has 3 heterocycles. The molecular formula is C16H25N3O2. The van der Waals surface area contributed by atoms with Crippen LogP contribution in [0.1, 0.15) is 36.8 Å². The smallest absolute Gasteiger partial charge is 0.222 e. The van der Waals surface area contributed by atoms with Gasteiger partial charge in [0, 0.05) is 38.2 Å². The van der Waals surface area contributed by atoms with E-state index in [4.69, 9.17) is 4.52 Å². The average Bonchev–Trinajstić information content (AvgIpc) is 3.04. The van der Waals surface area contributed by atoms with E-state index in [-0.39, 0.29) is 0 Å². The van der Waals surface area contributed by atoms with Gasteiger partial charge in [-0.15, -0.1) is 0 Å². The van der Waals surface area contributed by atoms with Crippen molar-refractivity contribution < 1.29 is 9.32 Å². The number of carbonyl (C=O) groups is 1. The predicted octanol–water partition coefficient (Wildman–Crippen LogP) is 1.98. The van der Waals surface area contributed by atoms with Crippen LogP contribution in [0.25, 0.3) is 0 Å². The van der Waals surface area contributed by atoms with Crippen molar-refractivity contribution in [3.8, 4) is 0 Å². The molecule has 2 atom stereocenters. The molecule has 0 aromatic carbocycles.